The molecule has 3 aromatic rings. The maximum absolute atomic E-state index is 12.3. The molecule has 0 saturated carbocycles. The maximum Gasteiger partial charge on any atom is 0.339 e. The number of hydrogen-bond donors (Lipinski definition) is 1. The van der Waals surface area contributed by atoms with E-state index in [1.54, 1.807) is 30.3 Å². The van der Waals surface area contributed by atoms with Crippen LogP contribution in [0, 0.1) is 11.3 Å². The molecule has 0 spiro atoms. The van der Waals surface area contributed by atoms with Gasteiger partial charge in [-0.15, -0.1) is 0 Å². The molecule has 0 radical (unpaired) electrons. The molecule has 6 nitrogen and oxygen atoms in total. The minimum absolute atomic E-state index is 0.0779. The fourth-order valence-electron chi connectivity index (χ4n) is 2.69. The number of furan rings is 1. The van der Waals surface area contributed by atoms with Crippen LogP contribution in [0.25, 0.3) is 17.4 Å². The smallest absolute Gasteiger partial charge is 0.339 e. The van der Waals surface area contributed by atoms with Gasteiger partial charge in [0.1, 0.15) is 23.2 Å². The van der Waals surface area contributed by atoms with Crippen LogP contribution in [-0.2, 0) is 16.1 Å². The van der Waals surface area contributed by atoms with E-state index in [0.717, 1.165) is 5.56 Å². The molecule has 7 heteroatoms. The summed E-state index contributed by atoms with van der Waals surface area (Å²) >= 11 is 6.14. The number of nitrogens with zero attached hydrogens (tertiary/aromatic N) is 1. The zero-order valence-electron chi connectivity index (χ0n) is 16.0. The van der Waals surface area contributed by atoms with E-state index in [9.17, 15) is 14.9 Å². The summed E-state index contributed by atoms with van der Waals surface area (Å²) < 4.78 is 10.4. The molecule has 1 amide bonds. The number of nitrogens with one attached hydrogen (secondary N) is 1. The third kappa shape index (κ3) is 4.96. The number of rotatable bonds is 6. The molecule has 0 aliphatic carbocycles. The normalized spacial score (nSPS) is 10.9. The zero-order valence-corrected chi connectivity index (χ0v) is 16.8. The van der Waals surface area contributed by atoms with Gasteiger partial charge in [0, 0.05) is 18.2 Å². The Kier molecular flexibility index (Phi) is 6.68. The lowest BCUT2D eigenvalue weighted by Gasteiger charge is -2.04. The average molecular weight is 421 g/mol. The molecule has 0 saturated heterocycles. The quantitative estimate of drug-likeness (QED) is 0.357. The monoisotopic (exact) mass is 420 g/mol. The first-order valence-electron chi connectivity index (χ1n) is 8.94. The highest BCUT2D eigenvalue weighted by atomic mass is 35.5. The van der Waals surface area contributed by atoms with E-state index >= 15 is 0 Å². The van der Waals surface area contributed by atoms with Crippen molar-refractivity contribution in [2.45, 2.75) is 6.54 Å². The number of carbonyl (C=O) groups is 2. The third-order valence-corrected chi connectivity index (χ3v) is 4.55. The second-order valence-electron chi connectivity index (χ2n) is 6.23. The molecule has 1 N–H and O–H groups in total. The summed E-state index contributed by atoms with van der Waals surface area (Å²) in [4.78, 5) is 23.9. The summed E-state index contributed by atoms with van der Waals surface area (Å²) in [6, 6.07) is 19.4. The van der Waals surface area contributed by atoms with Gasteiger partial charge in [0.2, 0.25) is 0 Å². The standard InChI is InChI=1S/C23H17ClN2O4/c1-29-23(28)19-9-7-16(12-20(19)24)21-10-8-18(30-21)11-17(13-25)22(27)26-14-15-5-3-2-4-6-15/h2-12H,14H2,1H3,(H,26,27)/b17-11-. The van der Waals surface area contributed by atoms with E-state index in [1.165, 1.54) is 13.2 Å². The van der Waals surface area contributed by atoms with Crippen LogP contribution in [0.2, 0.25) is 5.02 Å². The Bertz CT molecular complexity index is 1140. The number of nitriles is 1. The molecule has 3 rings (SSSR count). The summed E-state index contributed by atoms with van der Waals surface area (Å²) in [7, 11) is 1.28. The second-order valence-corrected chi connectivity index (χ2v) is 6.63. The maximum atomic E-state index is 12.3. The van der Waals surface area contributed by atoms with E-state index in [1.807, 2.05) is 36.4 Å². The number of hydrogen-bond acceptors (Lipinski definition) is 5. The minimum Gasteiger partial charge on any atom is -0.465 e. The van der Waals surface area contributed by atoms with E-state index in [4.69, 9.17) is 16.0 Å². The van der Waals surface area contributed by atoms with Gasteiger partial charge in [0.25, 0.3) is 5.91 Å². The van der Waals surface area contributed by atoms with Crippen molar-refractivity contribution < 1.29 is 18.7 Å². The van der Waals surface area contributed by atoms with Crippen LogP contribution in [0.3, 0.4) is 0 Å². The molecule has 0 fully saturated rings. The van der Waals surface area contributed by atoms with Gasteiger partial charge in [-0.2, -0.15) is 5.26 Å². The van der Waals surface area contributed by atoms with Gasteiger partial charge >= 0.3 is 5.97 Å². The molecule has 1 heterocycles. The van der Waals surface area contributed by atoms with E-state index in [-0.39, 0.29) is 16.2 Å². The first-order chi connectivity index (χ1) is 14.5. The van der Waals surface area contributed by atoms with Gasteiger partial charge in [0.05, 0.1) is 17.7 Å². The van der Waals surface area contributed by atoms with Crippen LogP contribution in [0.5, 0.6) is 0 Å². The molecular weight excluding hydrogens is 404 g/mol. The number of halogens is 1. The summed E-state index contributed by atoms with van der Waals surface area (Å²) in [6.07, 6.45) is 1.37. The molecular formula is C23H17ClN2O4. The summed E-state index contributed by atoms with van der Waals surface area (Å²) in [5, 5.41) is 12.3. The van der Waals surface area contributed by atoms with E-state index < -0.39 is 11.9 Å². The highest BCUT2D eigenvalue weighted by molar-refractivity contribution is 6.33. The molecule has 150 valence electrons. The Hall–Kier alpha value is -3.82. The van der Waals surface area contributed by atoms with Crippen molar-refractivity contribution in [2.24, 2.45) is 0 Å². The summed E-state index contributed by atoms with van der Waals surface area (Å²) in [5.74, 6) is -0.217. The van der Waals surface area contributed by atoms with Crippen molar-refractivity contribution in [2.75, 3.05) is 7.11 Å². The van der Waals surface area contributed by atoms with Gasteiger partial charge in [-0.3, -0.25) is 4.79 Å². The molecule has 1 aromatic heterocycles. The number of benzene rings is 2. The van der Waals surface area contributed by atoms with Crippen molar-refractivity contribution in [3.63, 3.8) is 0 Å². The first-order valence-corrected chi connectivity index (χ1v) is 9.31. The SMILES string of the molecule is COC(=O)c1ccc(-c2ccc(/C=C(/C#N)C(=O)NCc3ccccc3)o2)cc1Cl. The summed E-state index contributed by atoms with van der Waals surface area (Å²) in [6.45, 7) is 0.313. The topological polar surface area (TPSA) is 92.3 Å². The van der Waals surface area contributed by atoms with Crippen molar-refractivity contribution in [3.05, 3.63) is 88.1 Å². The van der Waals surface area contributed by atoms with Crippen molar-refractivity contribution >= 4 is 29.6 Å². The van der Waals surface area contributed by atoms with Crippen LogP contribution in [-0.4, -0.2) is 19.0 Å². The van der Waals surface area contributed by atoms with Crippen LogP contribution in [0.4, 0.5) is 0 Å². The molecule has 0 unspecified atom stereocenters. The van der Waals surface area contributed by atoms with Gasteiger partial charge < -0.3 is 14.5 Å². The number of methoxy groups -OCH3 is 1. The van der Waals surface area contributed by atoms with Crippen LogP contribution < -0.4 is 5.32 Å². The first kappa shape index (κ1) is 20.9. The Morgan fingerprint density at radius 2 is 1.93 bits per heavy atom. The largest absolute Gasteiger partial charge is 0.465 e. The lowest BCUT2D eigenvalue weighted by atomic mass is 10.1. The van der Waals surface area contributed by atoms with Crippen LogP contribution in [0.1, 0.15) is 21.7 Å². The zero-order chi connectivity index (χ0) is 21.5. The van der Waals surface area contributed by atoms with Gasteiger partial charge in [0.15, 0.2) is 0 Å². The number of carbonyl (C=O) groups excluding carboxylic acids is 2. The lowest BCUT2D eigenvalue weighted by molar-refractivity contribution is -0.117. The Morgan fingerprint density at radius 1 is 1.17 bits per heavy atom. The number of ether oxygens (including phenoxy) is 1. The van der Waals surface area contributed by atoms with Crippen molar-refractivity contribution in [3.8, 4) is 17.4 Å². The van der Waals surface area contributed by atoms with E-state index in [0.29, 0.717) is 23.6 Å². The number of amides is 1. The molecule has 0 aliphatic heterocycles. The van der Waals surface area contributed by atoms with Gasteiger partial charge in [-0.25, -0.2) is 4.79 Å². The van der Waals surface area contributed by atoms with E-state index in [2.05, 4.69) is 10.1 Å². The highest BCUT2D eigenvalue weighted by Crippen LogP contribution is 2.28. The lowest BCUT2D eigenvalue weighted by Crippen LogP contribution is -2.23. The van der Waals surface area contributed by atoms with Crippen LogP contribution >= 0.6 is 11.6 Å². The highest BCUT2D eigenvalue weighted by Gasteiger charge is 2.14. The minimum atomic E-state index is -0.533. The molecule has 0 bridgehead atoms. The molecule has 0 atom stereocenters. The predicted molar refractivity (Wildman–Crippen MR) is 112 cm³/mol. The predicted octanol–water partition coefficient (Wildman–Crippen LogP) is 4.61. The third-order valence-electron chi connectivity index (χ3n) is 4.23. The fraction of sp³-hybridized carbons (Fsp3) is 0.0870. The number of esters is 1. The van der Waals surface area contributed by atoms with Crippen molar-refractivity contribution in [1.29, 1.82) is 5.26 Å². The fourth-order valence-corrected chi connectivity index (χ4v) is 2.95. The molecule has 30 heavy (non-hydrogen) atoms. The summed E-state index contributed by atoms with van der Waals surface area (Å²) in [5.41, 5.74) is 1.73. The van der Waals surface area contributed by atoms with Gasteiger partial charge in [-0.05, 0) is 29.8 Å². The Morgan fingerprint density at radius 3 is 2.60 bits per heavy atom. The Balaban J connectivity index is 1.75. The molecule has 2 aromatic carbocycles. The second kappa shape index (κ2) is 9.59. The molecule has 0 aliphatic rings. The average Bonchev–Trinajstić information content (AvgIpc) is 3.24. The van der Waals surface area contributed by atoms with Crippen molar-refractivity contribution in [1.82, 2.24) is 5.32 Å². The van der Waals surface area contributed by atoms with Gasteiger partial charge in [-0.1, -0.05) is 48.0 Å². The van der Waals surface area contributed by atoms with Crippen LogP contribution in [0.15, 0.2) is 70.7 Å². The Labute approximate surface area is 178 Å².